The normalized spacial score (nSPS) is 17.7. The lowest BCUT2D eigenvalue weighted by atomic mass is 9.90. The number of hydrogen-bond donors (Lipinski definition) is 0. The standard InChI is InChI=1S/C9HF18I/c10-2(11,1(28)3(12,13)14)4(15,16)5(17,18)6(19,20)7(21,22)8(23,24)9(25,26)27/h1H. The molecule has 0 aromatic heterocycles. The van der Waals surface area contributed by atoms with Gasteiger partial charge in [0, 0.05) is 0 Å². The molecule has 19 heteroatoms. The van der Waals surface area contributed by atoms with E-state index in [4.69, 9.17) is 0 Å². The molecule has 0 aromatic rings. The zero-order chi connectivity index (χ0) is 23.6. The van der Waals surface area contributed by atoms with E-state index in [0.717, 1.165) is 0 Å². The van der Waals surface area contributed by atoms with E-state index in [9.17, 15) is 79.0 Å². The summed E-state index contributed by atoms with van der Waals surface area (Å²) in [6, 6.07) is 0. The molecule has 0 nitrogen and oxygen atoms in total. The average Bonchev–Trinajstić information content (AvgIpc) is 2.42. The predicted molar refractivity (Wildman–Crippen MR) is 59.6 cm³/mol. The Balaban J connectivity index is 6.64. The molecule has 0 rings (SSSR count). The molecule has 0 aromatic carbocycles. The minimum Gasteiger partial charge on any atom is -0.198 e. The third-order valence-corrected chi connectivity index (χ3v) is 4.45. The molecule has 0 N–H and O–H groups in total. The molecule has 0 spiro atoms. The van der Waals surface area contributed by atoms with Crippen LogP contribution in [0.1, 0.15) is 0 Å². The highest BCUT2D eigenvalue weighted by molar-refractivity contribution is 14.1. The van der Waals surface area contributed by atoms with Gasteiger partial charge < -0.3 is 0 Å². The summed E-state index contributed by atoms with van der Waals surface area (Å²) in [5, 5.41) is 0. The quantitative estimate of drug-likeness (QED) is 0.187. The van der Waals surface area contributed by atoms with E-state index >= 15 is 0 Å². The lowest BCUT2D eigenvalue weighted by Gasteiger charge is -2.42. The third-order valence-electron chi connectivity index (χ3n) is 2.96. The zero-order valence-electron chi connectivity index (χ0n) is 11.8. The molecule has 28 heavy (non-hydrogen) atoms. The maximum absolute atomic E-state index is 13.1. The first-order valence-electron chi connectivity index (χ1n) is 5.70. The predicted octanol–water partition coefficient (Wildman–Crippen LogP) is 6.73. The minimum absolute atomic E-state index is 0.714. The summed E-state index contributed by atoms with van der Waals surface area (Å²) in [7, 11) is 0. The Bertz CT molecular complexity index is 567. The van der Waals surface area contributed by atoms with Gasteiger partial charge in [-0.3, -0.25) is 0 Å². The van der Waals surface area contributed by atoms with Gasteiger partial charge >= 0.3 is 47.9 Å². The van der Waals surface area contributed by atoms with Gasteiger partial charge in [0.15, 0.2) is 3.92 Å². The van der Waals surface area contributed by atoms with Crippen molar-refractivity contribution in [2.24, 2.45) is 0 Å². The summed E-state index contributed by atoms with van der Waals surface area (Å²) in [5.41, 5.74) is 0. The molecule has 0 saturated heterocycles. The molecule has 1 unspecified atom stereocenters. The number of hydrogen-bond acceptors (Lipinski definition) is 0. The number of halogens is 19. The second-order valence-electron chi connectivity index (χ2n) is 4.90. The topological polar surface area (TPSA) is 0 Å². The number of alkyl halides is 19. The summed E-state index contributed by atoms with van der Waals surface area (Å²) in [5.74, 6) is -49.3. The maximum Gasteiger partial charge on any atom is 0.460 e. The van der Waals surface area contributed by atoms with Crippen molar-refractivity contribution < 1.29 is 79.0 Å². The van der Waals surface area contributed by atoms with Crippen LogP contribution < -0.4 is 0 Å². The van der Waals surface area contributed by atoms with E-state index in [-0.39, 0.29) is 0 Å². The molecule has 0 aliphatic heterocycles. The molecule has 0 aliphatic rings. The molecule has 170 valence electrons. The fourth-order valence-electron chi connectivity index (χ4n) is 1.34. The molecular weight excluding hydrogens is 577 g/mol. The van der Waals surface area contributed by atoms with Gasteiger partial charge in [-0.15, -0.1) is 0 Å². The van der Waals surface area contributed by atoms with Crippen molar-refractivity contribution in [1.82, 2.24) is 0 Å². The van der Waals surface area contributed by atoms with Gasteiger partial charge in [0.2, 0.25) is 0 Å². The smallest absolute Gasteiger partial charge is 0.198 e. The van der Waals surface area contributed by atoms with Crippen LogP contribution in [-0.2, 0) is 0 Å². The Morgan fingerprint density at radius 1 is 0.393 bits per heavy atom. The van der Waals surface area contributed by atoms with Gasteiger partial charge in [0.05, 0.1) is 0 Å². The lowest BCUT2D eigenvalue weighted by Crippen LogP contribution is -2.74. The first kappa shape index (κ1) is 27.5. The van der Waals surface area contributed by atoms with Gasteiger partial charge in [-0.25, -0.2) is 0 Å². The van der Waals surface area contributed by atoms with Crippen LogP contribution in [0.4, 0.5) is 79.0 Å². The van der Waals surface area contributed by atoms with E-state index < -0.39 is 74.4 Å². The molecule has 0 saturated carbocycles. The average molecular weight is 578 g/mol. The minimum atomic E-state index is -8.60. The second kappa shape index (κ2) is 6.74. The van der Waals surface area contributed by atoms with Crippen LogP contribution in [0.5, 0.6) is 0 Å². The molecule has 1 atom stereocenters. The third kappa shape index (κ3) is 3.56. The molecule has 0 heterocycles. The van der Waals surface area contributed by atoms with E-state index in [2.05, 4.69) is 0 Å². The largest absolute Gasteiger partial charge is 0.460 e. The van der Waals surface area contributed by atoms with E-state index in [0.29, 0.717) is 0 Å². The van der Waals surface area contributed by atoms with Crippen LogP contribution >= 0.6 is 22.6 Å². The van der Waals surface area contributed by atoms with Gasteiger partial charge in [-0.1, -0.05) is 22.6 Å². The maximum atomic E-state index is 13.1. The van der Waals surface area contributed by atoms with Gasteiger partial charge in [-0.2, -0.15) is 79.0 Å². The highest BCUT2D eigenvalue weighted by Gasteiger charge is 2.94. The highest BCUT2D eigenvalue weighted by Crippen LogP contribution is 2.63. The van der Waals surface area contributed by atoms with Crippen molar-refractivity contribution in [3.63, 3.8) is 0 Å². The Morgan fingerprint density at radius 3 is 0.893 bits per heavy atom. The second-order valence-corrected chi connectivity index (χ2v) is 6.14. The number of rotatable bonds is 6. The van der Waals surface area contributed by atoms with Crippen molar-refractivity contribution in [3.8, 4) is 0 Å². The van der Waals surface area contributed by atoms with Crippen molar-refractivity contribution in [3.05, 3.63) is 0 Å². The van der Waals surface area contributed by atoms with Crippen LogP contribution in [0, 0.1) is 0 Å². The van der Waals surface area contributed by atoms with Crippen molar-refractivity contribution in [2.75, 3.05) is 0 Å². The SMILES string of the molecule is FC(F)(F)C(I)C(F)(F)C(F)(F)C(F)(F)C(F)(F)C(F)(F)C(F)(F)C(F)(F)F. The summed E-state index contributed by atoms with van der Waals surface area (Å²) < 4.78 is 222. The highest BCUT2D eigenvalue weighted by atomic mass is 127. The molecule has 0 fully saturated rings. The summed E-state index contributed by atoms with van der Waals surface area (Å²) in [6.45, 7) is 0. The van der Waals surface area contributed by atoms with Crippen LogP contribution in [0.25, 0.3) is 0 Å². The fraction of sp³-hybridized carbons (Fsp3) is 1.00. The first-order valence-corrected chi connectivity index (χ1v) is 6.94. The van der Waals surface area contributed by atoms with Crippen LogP contribution in [0.2, 0.25) is 0 Å². The van der Waals surface area contributed by atoms with Crippen LogP contribution in [0.15, 0.2) is 0 Å². The summed E-state index contributed by atoms with van der Waals surface area (Å²) in [4.78, 5) is 0. The zero-order valence-corrected chi connectivity index (χ0v) is 13.9. The van der Waals surface area contributed by atoms with Crippen molar-refractivity contribution in [1.29, 1.82) is 0 Å². The Hall–Kier alpha value is -0.530. The van der Waals surface area contributed by atoms with Crippen molar-refractivity contribution in [2.45, 2.75) is 51.8 Å². The van der Waals surface area contributed by atoms with E-state index in [1.807, 2.05) is 0 Å². The summed E-state index contributed by atoms with van der Waals surface area (Å²) in [6.07, 6.45) is -14.3. The van der Waals surface area contributed by atoms with E-state index in [1.165, 1.54) is 0 Å². The monoisotopic (exact) mass is 578 g/mol. The molecule has 0 aliphatic carbocycles. The fourth-order valence-corrected chi connectivity index (χ4v) is 1.73. The lowest BCUT2D eigenvalue weighted by molar-refractivity contribution is -0.453. The van der Waals surface area contributed by atoms with Gasteiger partial charge in [0.25, 0.3) is 0 Å². The summed E-state index contributed by atoms with van der Waals surface area (Å²) >= 11 is -0.714. The molecule has 0 bridgehead atoms. The Morgan fingerprint density at radius 2 is 0.643 bits per heavy atom. The molecule has 0 amide bonds. The van der Waals surface area contributed by atoms with Crippen molar-refractivity contribution >= 4 is 22.6 Å². The molecular formula is C9HF18I. The molecule has 0 radical (unpaired) electrons. The van der Waals surface area contributed by atoms with Gasteiger partial charge in [0.1, 0.15) is 0 Å². The Labute approximate surface area is 154 Å². The van der Waals surface area contributed by atoms with Crippen LogP contribution in [0.3, 0.4) is 0 Å². The Kier molecular flexibility index (Phi) is 6.61. The van der Waals surface area contributed by atoms with E-state index in [1.54, 1.807) is 0 Å². The first-order chi connectivity index (χ1) is 11.7. The van der Waals surface area contributed by atoms with Gasteiger partial charge in [-0.05, 0) is 0 Å². The van der Waals surface area contributed by atoms with Crippen LogP contribution in [-0.4, -0.2) is 51.8 Å².